The molecule has 0 aliphatic carbocycles. The maximum absolute atomic E-state index is 12.1. The van der Waals surface area contributed by atoms with Gasteiger partial charge in [0.05, 0.1) is 0 Å². The van der Waals surface area contributed by atoms with Crippen molar-refractivity contribution in [2.45, 2.75) is 24.1 Å². The smallest absolute Gasteiger partial charge is 0.250 e. The van der Waals surface area contributed by atoms with Crippen molar-refractivity contribution >= 4 is 21.4 Å². The lowest BCUT2D eigenvalue weighted by atomic mass is 10.3. The number of sulfonamides is 1. The van der Waals surface area contributed by atoms with Crippen molar-refractivity contribution in [1.29, 1.82) is 0 Å². The molecule has 0 unspecified atom stereocenters. The normalized spacial score (nSPS) is 11.8. The van der Waals surface area contributed by atoms with Crippen LogP contribution in [0, 0.1) is 0 Å². The van der Waals surface area contributed by atoms with Crippen LogP contribution < -0.4 is 10.0 Å². The maximum Gasteiger partial charge on any atom is 0.250 e. The number of aromatic nitrogens is 2. The van der Waals surface area contributed by atoms with Crippen LogP contribution in [0.15, 0.2) is 26.5 Å². The van der Waals surface area contributed by atoms with E-state index in [1.54, 1.807) is 6.07 Å². The monoisotopic (exact) mass is 316 g/mol. The molecular formula is C11H16N4O3S2. The lowest BCUT2D eigenvalue weighted by molar-refractivity contribution is 0.377. The van der Waals surface area contributed by atoms with Gasteiger partial charge in [-0.05, 0) is 23.6 Å². The summed E-state index contributed by atoms with van der Waals surface area (Å²) in [6.45, 7) is 3.75. The molecule has 2 heterocycles. The summed E-state index contributed by atoms with van der Waals surface area (Å²) in [7, 11) is -3.47. The number of nitrogens with one attached hydrogen (secondary N) is 2. The lowest BCUT2D eigenvalue weighted by Crippen LogP contribution is -2.25. The zero-order chi connectivity index (χ0) is 14.4. The Bertz CT molecular complexity index is 622. The molecule has 0 aromatic carbocycles. The molecule has 2 aromatic rings. The third-order valence-corrected chi connectivity index (χ3v) is 5.46. The summed E-state index contributed by atoms with van der Waals surface area (Å²) < 4.78 is 31.8. The van der Waals surface area contributed by atoms with E-state index in [9.17, 15) is 8.42 Å². The number of nitrogens with zero attached hydrogens (tertiary/aromatic N) is 2. The van der Waals surface area contributed by atoms with Gasteiger partial charge in [-0.15, -0.1) is 11.3 Å². The summed E-state index contributed by atoms with van der Waals surface area (Å²) in [6, 6.07) is 1.68. The van der Waals surface area contributed by atoms with Crippen LogP contribution in [-0.4, -0.2) is 31.6 Å². The molecule has 110 valence electrons. The first-order valence-electron chi connectivity index (χ1n) is 6.15. The predicted molar refractivity (Wildman–Crippen MR) is 74.9 cm³/mol. The molecule has 0 atom stereocenters. The number of hydrogen-bond acceptors (Lipinski definition) is 7. The van der Waals surface area contributed by atoms with Gasteiger partial charge in [-0.1, -0.05) is 12.1 Å². The van der Waals surface area contributed by atoms with Crippen LogP contribution in [0.3, 0.4) is 0 Å². The molecule has 0 aliphatic rings. The molecule has 9 heteroatoms. The van der Waals surface area contributed by atoms with Crippen molar-refractivity contribution in [3.05, 3.63) is 29.2 Å². The van der Waals surface area contributed by atoms with Crippen LogP contribution in [0.5, 0.6) is 0 Å². The molecule has 0 bridgehead atoms. The maximum atomic E-state index is 12.1. The molecular weight excluding hydrogens is 300 g/mol. The average Bonchev–Trinajstić information content (AvgIpc) is 3.07. The Morgan fingerprint density at radius 2 is 2.30 bits per heavy atom. The molecule has 0 spiro atoms. The van der Waals surface area contributed by atoms with E-state index in [1.165, 1.54) is 17.7 Å². The largest absolute Gasteiger partial charge is 0.340 e. The standard InChI is InChI=1S/C11H16N4O3S2/c1-2-12-6-9-5-11(19-7-9)20(16,17)15-4-3-10-13-8-14-18-10/h5,7-8,12,15H,2-4,6H2,1H3. The lowest BCUT2D eigenvalue weighted by Gasteiger charge is -2.02. The molecule has 2 aromatic heterocycles. The molecule has 2 N–H and O–H groups in total. The fourth-order valence-corrected chi connectivity index (χ4v) is 3.81. The van der Waals surface area contributed by atoms with E-state index in [2.05, 4.69) is 20.2 Å². The zero-order valence-corrected chi connectivity index (χ0v) is 12.6. The highest BCUT2D eigenvalue weighted by atomic mass is 32.2. The van der Waals surface area contributed by atoms with Gasteiger partial charge in [-0.25, -0.2) is 13.1 Å². The van der Waals surface area contributed by atoms with E-state index in [4.69, 9.17) is 4.52 Å². The molecule has 0 saturated heterocycles. The number of thiophene rings is 1. The van der Waals surface area contributed by atoms with Crippen LogP contribution in [0.1, 0.15) is 18.4 Å². The Morgan fingerprint density at radius 3 is 3.00 bits per heavy atom. The first-order valence-corrected chi connectivity index (χ1v) is 8.51. The van der Waals surface area contributed by atoms with E-state index in [0.29, 0.717) is 23.1 Å². The molecule has 0 saturated carbocycles. The van der Waals surface area contributed by atoms with Crippen LogP contribution in [0.4, 0.5) is 0 Å². The summed E-state index contributed by atoms with van der Waals surface area (Å²) in [5.41, 5.74) is 0.967. The summed E-state index contributed by atoms with van der Waals surface area (Å²) in [6.07, 6.45) is 1.66. The van der Waals surface area contributed by atoms with Crippen LogP contribution in [-0.2, 0) is 23.0 Å². The Morgan fingerprint density at radius 1 is 1.45 bits per heavy atom. The van der Waals surface area contributed by atoms with E-state index in [1.807, 2.05) is 12.3 Å². The minimum atomic E-state index is -3.47. The summed E-state index contributed by atoms with van der Waals surface area (Å²) in [5, 5.41) is 8.46. The summed E-state index contributed by atoms with van der Waals surface area (Å²) in [4.78, 5) is 3.83. The fourth-order valence-electron chi connectivity index (χ4n) is 1.53. The second-order valence-electron chi connectivity index (χ2n) is 4.04. The Kier molecular flexibility index (Phi) is 5.24. The highest BCUT2D eigenvalue weighted by Crippen LogP contribution is 2.19. The molecule has 0 fully saturated rings. The van der Waals surface area contributed by atoms with E-state index < -0.39 is 10.0 Å². The van der Waals surface area contributed by atoms with E-state index >= 15 is 0 Å². The third kappa shape index (κ3) is 4.10. The molecule has 0 aliphatic heterocycles. The summed E-state index contributed by atoms with van der Waals surface area (Å²) in [5.74, 6) is 0.409. The average molecular weight is 316 g/mol. The van der Waals surface area contributed by atoms with Gasteiger partial charge in [0.1, 0.15) is 4.21 Å². The van der Waals surface area contributed by atoms with E-state index in [-0.39, 0.29) is 6.54 Å². The molecule has 0 amide bonds. The minimum Gasteiger partial charge on any atom is -0.340 e. The van der Waals surface area contributed by atoms with Gasteiger partial charge < -0.3 is 9.84 Å². The SMILES string of the molecule is CCNCc1csc(S(=O)(=O)NCCc2ncno2)c1. The van der Waals surface area contributed by atoms with Crippen molar-refractivity contribution in [3.63, 3.8) is 0 Å². The predicted octanol–water partition coefficient (Wildman–Crippen LogP) is 0.762. The van der Waals surface area contributed by atoms with Crippen molar-refractivity contribution in [2.75, 3.05) is 13.1 Å². The van der Waals surface area contributed by atoms with Crippen molar-refractivity contribution in [2.24, 2.45) is 0 Å². The van der Waals surface area contributed by atoms with Gasteiger partial charge in [-0.3, -0.25) is 0 Å². The summed E-state index contributed by atoms with van der Waals surface area (Å²) >= 11 is 1.21. The van der Waals surface area contributed by atoms with Gasteiger partial charge in [0, 0.05) is 19.5 Å². The van der Waals surface area contributed by atoms with Crippen LogP contribution in [0.2, 0.25) is 0 Å². The quantitative estimate of drug-likeness (QED) is 0.746. The van der Waals surface area contributed by atoms with Crippen molar-refractivity contribution in [1.82, 2.24) is 20.2 Å². The second kappa shape index (κ2) is 6.93. The molecule has 0 radical (unpaired) electrons. The fraction of sp³-hybridized carbons (Fsp3) is 0.455. The first-order chi connectivity index (χ1) is 9.62. The van der Waals surface area contributed by atoms with Gasteiger partial charge in [0.25, 0.3) is 0 Å². The highest BCUT2D eigenvalue weighted by Gasteiger charge is 2.16. The first kappa shape index (κ1) is 15.1. The number of hydrogen-bond donors (Lipinski definition) is 2. The topological polar surface area (TPSA) is 97.1 Å². The number of rotatable bonds is 8. The van der Waals surface area contributed by atoms with E-state index in [0.717, 1.165) is 12.1 Å². The highest BCUT2D eigenvalue weighted by molar-refractivity contribution is 7.91. The second-order valence-corrected chi connectivity index (χ2v) is 6.94. The van der Waals surface area contributed by atoms with Gasteiger partial charge >= 0.3 is 0 Å². The van der Waals surface area contributed by atoms with Gasteiger partial charge in [-0.2, -0.15) is 4.98 Å². The molecule has 7 nitrogen and oxygen atoms in total. The molecule has 2 rings (SSSR count). The zero-order valence-electron chi connectivity index (χ0n) is 11.0. The van der Waals surface area contributed by atoms with Crippen LogP contribution in [0.25, 0.3) is 0 Å². The Labute approximate surface area is 121 Å². The van der Waals surface area contributed by atoms with Gasteiger partial charge in [0.15, 0.2) is 6.33 Å². The molecule has 20 heavy (non-hydrogen) atoms. The van der Waals surface area contributed by atoms with Crippen molar-refractivity contribution in [3.8, 4) is 0 Å². The van der Waals surface area contributed by atoms with Gasteiger partial charge in [0.2, 0.25) is 15.9 Å². The van der Waals surface area contributed by atoms with Crippen molar-refractivity contribution < 1.29 is 12.9 Å². The Balaban J connectivity index is 1.90. The van der Waals surface area contributed by atoms with Crippen LogP contribution >= 0.6 is 11.3 Å². The Hall–Kier alpha value is -1.29. The third-order valence-electron chi connectivity index (χ3n) is 2.51. The minimum absolute atomic E-state index is 0.227.